The second kappa shape index (κ2) is 4.58. The van der Waals surface area contributed by atoms with Crippen LogP contribution >= 0.6 is 0 Å². The van der Waals surface area contributed by atoms with Crippen molar-refractivity contribution in [3.05, 3.63) is 54.0 Å². The molecule has 0 atom stereocenters. The van der Waals surface area contributed by atoms with Gasteiger partial charge in [-0.1, -0.05) is 35.7 Å². The quantitative estimate of drug-likeness (QED) is 0.619. The highest BCUT2D eigenvalue weighted by atomic mass is 15.2. The van der Waals surface area contributed by atoms with Crippen molar-refractivity contribution >= 4 is 5.65 Å². The topological polar surface area (TPSA) is 30.2 Å². The predicted octanol–water partition coefficient (Wildman–Crippen LogP) is 3.08. The van der Waals surface area contributed by atoms with E-state index in [0.29, 0.717) is 0 Å². The fourth-order valence-electron chi connectivity index (χ4n) is 1.96. The number of hydrogen-bond donors (Lipinski definition) is 0. The Morgan fingerprint density at radius 3 is 2.63 bits per heavy atom. The van der Waals surface area contributed by atoms with Crippen LogP contribution in [0.15, 0.2) is 42.7 Å². The van der Waals surface area contributed by atoms with Gasteiger partial charge in [-0.05, 0) is 25.3 Å². The molecular weight excluding hydrogens is 234 g/mol. The van der Waals surface area contributed by atoms with Crippen molar-refractivity contribution in [1.29, 1.82) is 0 Å². The summed E-state index contributed by atoms with van der Waals surface area (Å²) >= 11 is 0. The van der Waals surface area contributed by atoms with Gasteiger partial charge in [0, 0.05) is 24.0 Å². The molecule has 0 aliphatic carbocycles. The first-order valence-corrected chi connectivity index (χ1v) is 6.11. The van der Waals surface area contributed by atoms with Gasteiger partial charge in [0.2, 0.25) is 0 Å². The third kappa shape index (κ3) is 2.21. The Hall–Kier alpha value is -2.60. The van der Waals surface area contributed by atoms with E-state index in [2.05, 4.69) is 53.1 Å². The zero-order valence-electron chi connectivity index (χ0n) is 10.9. The molecule has 3 aromatic rings. The Morgan fingerprint density at radius 2 is 1.89 bits per heavy atom. The molecule has 0 bridgehead atoms. The highest BCUT2D eigenvalue weighted by molar-refractivity contribution is 5.63. The molecule has 2 heterocycles. The smallest absolute Gasteiger partial charge is 0.156 e. The molecule has 0 radical (unpaired) electrons. The van der Waals surface area contributed by atoms with Crippen LogP contribution in [-0.4, -0.2) is 14.6 Å². The Bertz CT molecular complexity index is 786. The van der Waals surface area contributed by atoms with Crippen LogP contribution in [0.25, 0.3) is 16.8 Å². The van der Waals surface area contributed by atoms with Gasteiger partial charge in [-0.15, -0.1) is 0 Å². The number of aryl methyl sites for hydroxylation is 1. The van der Waals surface area contributed by atoms with Crippen molar-refractivity contribution in [3.8, 4) is 23.0 Å². The molecule has 1 aromatic carbocycles. The summed E-state index contributed by atoms with van der Waals surface area (Å²) in [4.78, 5) is 4.42. The highest BCUT2D eigenvalue weighted by Crippen LogP contribution is 2.19. The maximum Gasteiger partial charge on any atom is 0.156 e. The molecule has 0 fully saturated rings. The second-order valence-electron chi connectivity index (χ2n) is 4.42. The minimum Gasteiger partial charge on any atom is -0.236 e. The lowest BCUT2D eigenvalue weighted by atomic mass is 10.1. The van der Waals surface area contributed by atoms with Gasteiger partial charge in [0.15, 0.2) is 5.65 Å². The molecule has 0 saturated heterocycles. The summed E-state index contributed by atoms with van der Waals surface area (Å²) in [5.74, 6) is 5.79. The molecule has 0 aliphatic heterocycles. The van der Waals surface area contributed by atoms with Crippen molar-refractivity contribution in [2.75, 3.05) is 0 Å². The maximum atomic E-state index is 4.42. The van der Waals surface area contributed by atoms with E-state index in [0.717, 1.165) is 22.5 Å². The van der Waals surface area contributed by atoms with E-state index in [-0.39, 0.29) is 0 Å². The van der Waals surface area contributed by atoms with Crippen LogP contribution in [0.5, 0.6) is 0 Å². The van der Waals surface area contributed by atoms with Crippen LogP contribution in [0.1, 0.15) is 18.2 Å². The zero-order valence-corrected chi connectivity index (χ0v) is 10.9. The Kier molecular flexibility index (Phi) is 2.77. The van der Waals surface area contributed by atoms with E-state index in [1.807, 2.05) is 18.5 Å². The normalized spacial score (nSPS) is 10.2. The molecule has 3 nitrogen and oxygen atoms in total. The lowest BCUT2D eigenvalue weighted by Crippen LogP contribution is -1.91. The number of nitrogens with zero attached hydrogens (tertiary/aromatic N) is 3. The molecular formula is C16H13N3. The van der Waals surface area contributed by atoms with Gasteiger partial charge in [-0.2, -0.15) is 5.10 Å². The monoisotopic (exact) mass is 247 g/mol. The number of rotatable bonds is 1. The molecule has 0 unspecified atom stereocenters. The Balaban J connectivity index is 2.09. The van der Waals surface area contributed by atoms with Crippen molar-refractivity contribution in [2.45, 2.75) is 13.8 Å². The average Bonchev–Trinajstić information content (AvgIpc) is 2.81. The van der Waals surface area contributed by atoms with Gasteiger partial charge in [0.25, 0.3) is 0 Å². The number of benzene rings is 1. The molecule has 3 rings (SSSR count). The number of fused-ring (bicyclic) bond motifs is 1. The molecule has 0 amide bonds. The van der Waals surface area contributed by atoms with E-state index < -0.39 is 0 Å². The lowest BCUT2D eigenvalue weighted by molar-refractivity contribution is 0.934. The molecule has 0 aliphatic rings. The lowest BCUT2D eigenvalue weighted by Gasteiger charge is -2.02. The van der Waals surface area contributed by atoms with Gasteiger partial charge < -0.3 is 0 Å². The summed E-state index contributed by atoms with van der Waals surface area (Å²) in [6.45, 7) is 3.88. The number of hydrogen-bond acceptors (Lipinski definition) is 2. The summed E-state index contributed by atoms with van der Waals surface area (Å²) in [5, 5.41) is 4.39. The third-order valence-electron chi connectivity index (χ3n) is 2.95. The van der Waals surface area contributed by atoms with Crippen molar-refractivity contribution in [2.24, 2.45) is 0 Å². The third-order valence-corrected chi connectivity index (χ3v) is 2.95. The summed E-state index contributed by atoms with van der Waals surface area (Å²) < 4.78 is 1.77. The van der Waals surface area contributed by atoms with Crippen LogP contribution in [0.3, 0.4) is 0 Å². The van der Waals surface area contributed by atoms with Crippen LogP contribution in [0, 0.1) is 18.8 Å². The van der Waals surface area contributed by atoms with E-state index in [1.54, 1.807) is 11.4 Å². The predicted molar refractivity (Wildman–Crippen MR) is 75.7 cm³/mol. The van der Waals surface area contributed by atoms with Crippen molar-refractivity contribution in [3.63, 3.8) is 0 Å². The summed E-state index contributed by atoms with van der Waals surface area (Å²) in [7, 11) is 0. The number of aromatic nitrogens is 3. The van der Waals surface area contributed by atoms with Crippen LogP contribution in [0.4, 0.5) is 0 Å². The molecule has 0 saturated carbocycles. The first-order valence-electron chi connectivity index (χ1n) is 6.11. The molecule has 0 spiro atoms. The van der Waals surface area contributed by atoms with E-state index in [1.165, 1.54) is 5.56 Å². The summed E-state index contributed by atoms with van der Waals surface area (Å²) in [6, 6.07) is 10.3. The SMILES string of the molecule is CC#Cc1cc2ncc(-c3ccc(C)cc3)cn2n1. The molecule has 92 valence electrons. The first-order chi connectivity index (χ1) is 9.26. The summed E-state index contributed by atoms with van der Waals surface area (Å²) in [6.07, 6.45) is 3.85. The average molecular weight is 247 g/mol. The van der Waals surface area contributed by atoms with Crippen LogP contribution in [0.2, 0.25) is 0 Å². The fourth-order valence-corrected chi connectivity index (χ4v) is 1.96. The second-order valence-corrected chi connectivity index (χ2v) is 4.42. The Morgan fingerprint density at radius 1 is 1.11 bits per heavy atom. The largest absolute Gasteiger partial charge is 0.236 e. The van der Waals surface area contributed by atoms with Crippen molar-refractivity contribution < 1.29 is 0 Å². The fraction of sp³-hybridized carbons (Fsp3) is 0.125. The molecule has 19 heavy (non-hydrogen) atoms. The van der Waals surface area contributed by atoms with E-state index in [9.17, 15) is 0 Å². The van der Waals surface area contributed by atoms with Crippen LogP contribution in [-0.2, 0) is 0 Å². The molecule has 3 heteroatoms. The van der Waals surface area contributed by atoms with E-state index in [4.69, 9.17) is 0 Å². The molecule has 2 aromatic heterocycles. The summed E-state index contributed by atoms with van der Waals surface area (Å²) in [5.41, 5.74) is 4.99. The van der Waals surface area contributed by atoms with E-state index >= 15 is 0 Å². The first kappa shape index (κ1) is 11.5. The highest BCUT2D eigenvalue weighted by Gasteiger charge is 2.03. The Labute approximate surface area is 111 Å². The van der Waals surface area contributed by atoms with Crippen LogP contribution < -0.4 is 0 Å². The van der Waals surface area contributed by atoms with Gasteiger partial charge in [0.1, 0.15) is 5.69 Å². The zero-order chi connectivity index (χ0) is 13.2. The minimum absolute atomic E-state index is 0.746. The van der Waals surface area contributed by atoms with Gasteiger partial charge in [0.05, 0.1) is 0 Å². The van der Waals surface area contributed by atoms with Gasteiger partial charge in [-0.3, -0.25) is 0 Å². The van der Waals surface area contributed by atoms with Crippen molar-refractivity contribution in [1.82, 2.24) is 14.6 Å². The minimum atomic E-state index is 0.746. The standard InChI is InChI=1S/C16H13N3/c1-3-4-15-9-16-17-10-14(11-19(16)18-15)13-7-5-12(2)6-8-13/h5-11H,1-2H3. The maximum absolute atomic E-state index is 4.42. The molecule has 0 N–H and O–H groups in total. The van der Waals surface area contributed by atoms with Gasteiger partial charge in [-0.25, -0.2) is 9.50 Å². The van der Waals surface area contributed by atoms with Gasteiger partial charge >= 0.3 is 0 Å².